The maximum Gasteiger partial charge on any atom is 0.253 e. The van der Waals surface area contributed by atoms with Crippen LogP contribution in [0.15, 0.2) is 42.7 Å². The molecule has 2 aromatic carbocycles. The van der Waals surface area contributed by atoms with Crippen LogP contribution in [0.5, 0.6) is 5.75 Å². The maximum absolute atomic E-state index is 13.8. The van der Waals surface area contributed by atoms with Crippen molar-refractivity contribution in [1.29, 1.82) is 0 Å². The summed E-state index contributed by atoms with van der Waals surface area (Å²) in [5, 5.41) is 16.8. The van der Waals surface area contributed by atoms with Gasteiger partial charge in [0.15, 0.2) is 0 Å². The minimum Gasteiger partial charge on any atom is -0.506 e. The molecular weight excluding hydrogens is 623 g/mol. The van der Waals surface area contributed by atoms with E-state index in [2.05, 4.69) is 38.1 Å². The molecule has 0 spiro atoms. The number of anilines is 1. The Bertz CT molecular complexity index is 1820. The molecule has 2 aliphatic carbocycles. The molecule has 0 bridgehead atoms. The van der Waals surface area contributed by atoms with Crippen LogP contribution >= 0.6 is 23.2 Å². The lowest BCUT2D eigenvalue weighted by atomic mass is 9.87. The summed E-state index contributed by atoms with van der Waals surface area (Å²) in [5.41, 5.74) is 5.02. The molecule has 3 N–H and O–H groups in total. The van der Waals surface area contributed by atoms with E-state index in [1.165, 1.54) is 24.9 Å². The van der Waals surface area contributed by atoms with Gasteiger partial charge < -0.3 is 25.2 Å². The summed E-state index contributed by atoms with van der Waals surface area (Å²) in [6.45, 7) is 4.42. The van der Waals surface area contributed by atoms with E-state index < -0.39 is 0 Å². The highest BCUT2D eigenvalue weighted by molar-refractivity contribution is 6.36. The van der Waals surface area contributed by atoms with Crippen LogP contribution < -0.4 is 15.5 Å². The van der Waals surface area contributed by atoms with E-state index in [1.807, 2.05) is 13.1 Å². The molecule has 4 aromatic rings. The molecule has 240 valence electrons. The Morgan fingerprint density at radius 2 is 1.78 bits per heavy atom. The van der Waals surface area contributed by atoms with Gasteiger partial charge in [0.2, 0.25) is 0 Å². The maximum atomic E-state index is 13.8. The number of hydrogen-bond donors (Lipinski definition) is 3. The number of nitrogens with zero attached hydrogens (tertiary/aromatic N) is 4. The Morgan fingerprint density at radius 1 is 1.02 bits per heavy atom. The topological polar surface area (TPSA) is 112 Å². The van der Waals surface area contributed by atoms with Gasteiger partial charge in [-0.05, 0) is 85.3 Å². The van der Waals surface area contributed by atoms with Crippen molar-refractivity contribution in [3.05, 3.63) is 80.8 Å². The zero-order valence-corrected chi connectivity index (χ0v) is 27.5. The number of carbonyl (C=O) groups is 2. The normalized spacial score (nSPS) is 22.1. The molecule has 46 heavy (non-hydrogen) atoms. The number of amides is 2. The number of imidazole rings is 1. The Morgan fingerprint density at radius 3 is 2.52 bits per heavy atom. The number of rotatable bonds is 8. The van der Waals surface area contributed by atoms with E-state index in [1.54, 1.807) is 12.1 Å². The number of pyridine rings is 1. The van der Waals surface area contributed by atoms with Crippen molar-refractivity contribution < 1.29 is 14.7 Å². The predicted octanol–water partition coefficient (Wildman–Crippen LogP) is 6.27. The molecule has 9 nitrogen and oxygen atoms in total. The molecule has 1 saturated heterocycles. The highest BCUT2D eigenvalue weighted by Crippen LogP contribution is 2.47. The second-order valence-electron chi connectivity index (χ2n) is 13.3. The number of benzene rings is 2. The van der Waals surface area contributed by atoms with Gasteiger partial charge in [0.1, 0.15) is 11.6 Å². The molecule has 3 aliphatic rings. The fourth-order valence-corrected chi connectivity index (χ4v) is 7.64. The summed E-state index contributed by atoms with van der Waals surface area (Å²) in [4.78, 5) is 37.6. The summed E-state index contributed by atoms with van der Waals surface area (Å²) < 4.78 is 2.05. The zero-order chi connectivity index (χ0) is 32.1. The molecule has 0 radical (unpaired) electrons. The first-order chi connectivity index (χ1) is 22.1. The first kappa shape index (κ1) is 30.8. The van der Waals surface area contributed by atoms with Gasteiger partial charge in [-0.1, -0.05) is 36.2 Å². The molecule has 2 aromatic heterocycles. The van der Waals surface area contributed by atoms with Crippen LogP contribution in [-0.4, -0.2) is 50.6 Å². The molecular formula is C35H38Cl2N6O3. The lowest BCUT2D eigenvalue weighted by molar-refractivity contribution is 0.0921. The van der Waals surface area contributed by atoms with Crippen LogP contribution in [0.4, 0.5) is 5.69 Å². The minimum atomic E-state index is -0.379. The monoisotopic (exact) mass is 660 g/mol. The van der Waals surface area contributed by atoms with Crippen LogP contribution in [0.3, 0.4) is 0 Å². The summed E-state index contributed by atoms with van der Waals surface area (Å²) >= 11 is 13.6. The third-order valence-electron chi connectivity index (χ3n) is 10.0. The van der Waals surface area contributed by atoms with Gasteiger partial charge in [0.25, 0.3) is 11.8 Å². The van der Waals surface area contributed by atoms with Crippen LogP contribution in [0, 0.1) is 17.8 Å². The third-order valence-corrected chi connectivity index (χ3v) is 10.9. The summed E-state index contributed by atoms with van der Waals surface area (Å²) in [5.74, 6) is 2.45. The molecule has 2 amide bonds. The van der Waals surface area contributed by atoms with Crippen LogP contribution in [0.1, 0.15) is 76.7 Å². The van der Waals surface area contributed by atoms with E-state index >= 15 is 0 Å². The minimum absolute atomic E-state index is 0.0217. The highest BCUT2D eigenvalue weighted by Gasteiger charge is 2.46. The Labute approximate surface area is 278 Å². The Hall–Kier alpha value is -3.82. The number of piperidine rings is 1. The third kappa shape index (κ3) is 6.15. The molecule has 3 heterocycles. The van der Waals surface area contributed by atoms with E-state index in [9.17, 15) is 14.7 Å². The van der Waals surface area contributed by atoms with E-state index in [0.717, 1.165) is 73.2 Å². The van der Waals surface area contributed by atoms with Crippen molar-refractivity contribution >= 4 is 51.7 Å². The molecule has 11 heteroatoms. The quantitative estimate of drug-likeness (QED) is 0.205. The highest BCUT2D eigenvalue weighted by atomic mass is 35.5. The Balaban J connectivity index is 1.16. The summed E-state index contributed by atoms with van der Waals surface area (Å²) in [7, 11) is 1.98. The average molecular weight is 662 g/mol. The van der Waals surface area contributed by atoms with E-state index in [4.69, 9.17) is 28.2 Å². The zero-order valence-electron chi connectivity index (χ0n) is 26.0. The molecule has 2 unspecified atom stereocenters. The van der Waals surface area contributed by atoms with Crippen molar-refractivity contribution in [2.24, 2.45) is 24.8 Å². The van der Waals surface area contributed by atoms with Crippen LogP contribution in [0.25, 0.3) is 11.0 Å². The van der Waals surface area contributed by atoms with Crippen molar-refractivity contribution in [2.45, 2.75) is 58.0 Å². The van der Waals surface area contributed by atoms with Crippen LogP contribution in [0.2, 0.25) is 10.0 Å². The van der Waals surface area contributed by atoms with Crippen molar-refractivity contribution in [3.63, 3.8) is 0 Å². The largest absolute Gasteiger partial charge is 0.506 e. The van der Waals surface area contributed by atoms with Gasteiger partial charge in [-0.25, -0.2) is 4.98 Å². The lowest BCUT2D eigenvalue weighted by Gasteiger charge is -2.28. The first-order valence-corrected chi connectivity index (χ1v) is 16.8. The molecule has 7 rings (SSSR count). The van der Waals surface area contributed by atoms with Gasteiger partial charge >= 0.3 is 0 Å². The molecule has 3 fully saturated rings. The van der Waals surface area contributed by atoms with E-state index in [0.29, 0.717) is 39.1 Å². The van der Waals surface area contributed by atoms with E-state index in [-0.39, 0.29) is 35.7 Å². The van der Waals surface area contributed by atoms with Crippen molar-refractivity contribution in [1.82, 2.24) is 25.2 Å². The fourth-order valence-electron chi connectivity index (χ4n) is 7.07. The number of carbonyl (C=O) groups excluding carboxylic acids is 2. The summed E-state index contributed by atoms with van der Waals surface area (Å²) in [6, 6.07) is 9.19. The number of aromatic nitrogens is 3. The number of hydrogen-bond acceptors (Lipinski definition) is 6. The van der Waals surface area contributed by atoms with Gasteiger partial charge in [-0.2, -0.15) is 0 Å². The molecule has 1 aliphatic heterocycles. The molecule has 2 atom stereocenters. The standard InChI is InChI=1S/C35H38Cl2N6O3/c1-19-3-6-24(7-4-19)40-35(46)27-11-29-31(13-30(27)43-17-22-9-23(22)18-43)42(2)32(41-29)12-26-28(36)8-5-20(33(26)37)15-39-34(45)21-10-25(44)16-38-14-21/h5,8,10-11,13-14,16,19,22-24,44H,3-4,6-7,9,12,15,17-18H2,1-2H3,(H,39,45)(H,40,46). The number of aryl methyl sites for hydroxylation is 1. The number of nitrogens with one attached hydrogen (secondary N) is 2. The number of aromatic hydroxyl groups is 1. The van der Waals surface area contributed by atoms with Gasteiger partial charge in [0.05, 0.1) is 39.1 Å². The average Bonchev–Trinajstić information content (AvgIpc) is 3.53. The molecule has 2 saturated carbocycles. The summed E-state index contributed by atoms with van der Waals surface area (Å²) in [6.07, 6.45) is 8.63. The fraction of sp³-hybridized carbons (Fsp3) is 0.429. The van der Waals surface area contributed by atoms with Crippen LogP contribution in [-0.2, 0) is 20.0 Å². The van der Waals surface area contributed by atoms with Gasteiger partial charge in [-0.3, -0.25) is 14.6 Å². The van der Waals surface area contributed by atoms with Gasteiger partial charge in [-0.15, -0.1) is 0 Å². The number of halogens is 2. The van der Waals surface area contributed by atoms with Crippen molar-refractivity contribution in [2.75, 3.05) is 18.0 Å². The second-order valence-corrected chi connectivity index (χ2v) is 14.1. The van der Waals surface area contributed by atoms with Gasteiger partial charge in [0, 0.05) is 50.4 Å². The number of fused-ring (bicyclic) bond motifs is 2. The SMILES string of the molecule is CC1CCC(NC(=O)c2cc3nc(Cc4c(Cl)ccc(CNC(=O)c5cncc(O)c5)c4Cl)n(C)c3cc2N2CC3CC3C2)CC1. The van der Waals surface area contributed by atoms with Crippen molar-refractivity contribution in [3.8, 4) is 5.75 Å². The smallest absolute Gasteiger partial charge is 0.253 e. The Kier molecular flexibility index (Phi) is 8.32. The second kappa shape index (κ2) is 12.4. The first-order valence-electron chi connectivity index (χ1n) is 16.1. The lowest BCUT2D eigenvalue weighted by Crippen LogP contribution is -2.38. The predicted molar refractivity (Wildman–Crippen MR) is 180 cm³/mol.